The number of fused-ring (bicyclic) bond motifs is 1. The average Bonchev–Trinajstić information content (AvgIpc) is 3.44. The molecule has 0 aliphatic carbocycles. The third-order valence-electron chi connectivity index (χ3n) is 7.42. The summed E-state index contributed by atoms with van der Waals surface area (Å²) in [5, 5.41) is 2.04. The number of nitrogens with zero attached hydrogens (tertiary/aromatic N) is 3. The molecule has 2 aromatic carbocycles. The van der Waals surface area contributed by atoms with Crippen LogP contribution in [0.15, 0.2) is 60.0 Å². The Balaban J connectivity index is 1.33. The Hall–Kier alpha value is -3.27. The van der Waals surface area contributed by atoms with Gasteiger partial charge in [-0.2, -0.15) is 0 Å². The third kappa shape index (κ3) is 6.66. The van der Waals surface area contributed by atoms with E-state index in [0.717, 1.165) is 30.6 Å². The van der Waals surface area contributed by atoms with Crippen LogP contribution in [0.25, 0.3) is 0 Å². The Bertz CT molecular complexity index is 1280. The monoisotopic (exact) mass is 551 g/mol. The summed E-state index contributed by atoms with van der Waals surface area (Å²) < 4.78 is 24.9. The molecular weight excluding hydrogens is 517 g/mol. The van der Waals surface area contributed by atoms with Crippen LogP contribution in [0.3, 0.4) is 0 Å². The highest BCUT2D eigenvalue weighted by Gasteiger charge is 2.34. The molecule has 39 heavy (non-hydrogen) atoms. The van der Waals surface area contributed by atoms with Gasteiger partial charge in [0.2, 0.25) is 5.91 Å². The van der Waals surface area contributed by atoms with Crippen LogP contribution in [0.2, 0.25) is 0 Å². The molecule has 2 amide bonds. The molecule has 0 N–H and O–H groups in total. The zero-order chi connectivity index (χ0) is 27.2. The van der Waals surface area contributed by atoms with Crippen LogP contribution in [0.1, 0.15) is 32.4 Å². The van der Waals surface area contributed by atoms with Crippen LogP contribution in [0, 0.1) is 12.7 Å². The van der Waals surface area contributed by atoms with Gasteiger partial charge in [-0.05, 0) is 66.2 Å². The highest BCUT2D eigenvalue weighted by Crippen LogP contribution is 2.34. The molecule has 7 nitrogen and oxygen atoms in total. The lowest BCUT2D eigenvalue weighted by Crippen LogP contribution is -2.50. The Labute approximate surface area is 232 Å². The molecule has 2 aliphatic heterocycles. The van der Waals surface area contributed by atoms with Crippen LogP contribution in [-0.4, -0.2) is 85.6 Å². The summed E-state index contributed by atoms with van der Waals surface area (Å²) in [6, 6.07) is 15.2. The summed E-state index contributed by atoms with van der Waals surface area (Å²) in [5.74, 6) is -0.0222. The fraction of sp³-hybridized carbons (Fsp3) is 0.400. The first-order valence-corrected chi connectivity index (χ1v) is 14.3. The van der Waals surface area contributed by atoms with Crippen LogP contribution in [0.4, 0.5) is 4.39 Å². The molecule has 5 rings (SSSR count). The maximum absolute atomic E-state index is 13.9. The molecule has 1 fully saturated rings. The molecular formula is C30H34FN3O4S. The Morgan fingerprint density at radius 3 is 2.62 bits per heavy atom. The maximum atomic E-state index is 13.9. The van der Waals surface area contributed by atoms with Gasteiger partial charge < -0.3 is 19.3 Å². The van der Waals surface area contributed by atoms with Crippen molar-refractivity contribution in [2.45, 2.75) is 19.4 Å². The maximum Gasteiger partial charge on any atom is 0.254 e. The number of carbonyl (C=O) groups excluding carboxylic acids is 2. The molecule has 1 unspecified atom stereocenters. The lowest BCUT2D eigenvalue weighted by atomic mass is 10.00. The van der Waals surface area contributed by atoms with E-state index in [1.54, 1.807) is 28.4 Å². The predicted molar refractivity (Wildman–Crippen MR) is 149 cm³/mol. The number of rotatable bonds is 9. The van der Waals surface area contributed by atoms with E-state index in [0.29, 0.717) is 44.2 Å². The van der Waals surface area contributed by atoms with Gasteiger partial charge in [0.1, 0.15) is 24.7 Å². The fourth-order valence-corrected chi connectivity index (χ4v) is 6.09. The molecule has 1 saturated heterocycles. The number of thiophene rings is 1. The van der Waals surface area contributed by atoms with Gasteiger partial charge in [-0.3, -0.25) is 14.5 Å². The second kappa shape index (κ2) is 12.7. The van der Waals surface area contributed by atoms with Crippen molar-refractivity contribution in [1.82, 2.24) is 14.7 Å². The zero-order valence-electron chi connectivity index (χ0n) is 22.2. The predicted octanol–water partition coefficient (Wildman–Crippen LogP) is 4.18. The highest BCUT2D eigenvalue weighted by atomic mass is 32.1. The van der Waals surface area contributed by atoms with E-state index in [9.17, 15) is 14.0 Å². The van der Waals surface area contributed by atoms with Crippen molar-refractivity contribution >= 4 is 23.2 Å². The molecule has 3 aromatic rings. The summed E-state index contributed by atoms with van der Waals surface area (Å²) in [6.07, 6.45) is 0.769. The first-order chi connectivity index (χ1) is 19.0. The second-order valence-electron chi connectivity index (χ2n) is 9.91. The van der Waals surface area contributed by atoms with Crippen LogP contribution < -0.4 is 4.74 Å². The summed E-state index contributed by atoms with van der Waals surface area (Å²) >= 11 is 1.68. The first kappa shape index (κ1) is 27.3. The lowest BCUT2D eigenvalue weighted by molar-refractivity contribution is -0.135. The number of ether oxygens (including phenoxy) is 2. The number of hydrogen-bond acceptors (Lipinski definition) is 6. The van der Waals surface area contributed by atoms with Crippen LogP contribution >= 0.6 is 11.3 Å². The molecule has 2 aliphatic rings. The number of halogens is 1. The van der Waals surface area contributed by atoms with Gasteiger partial charge in [0.15, 0.2) is 0 Å². The zero-order valence-corrected chi connectivity index (χ0v) is 23.0. The number of aryl methyl sites for hydroxylation is 1. The van der Waals surface area contributed by atoms with E-state index in [1.807, 2.05) is 47.5 Å². The van der Waals surface area contributed by atoms with Crippen molar-refractivity contribution in [2.24, 2.45) is 0 Å². The minimum atomic E-state index is -0.326. The van der Waals surface area contributed by atoms with Crippen LogP contribution in [-0.2, 0) is 16.0 Å². The van der Waals surface area contributed by atoms with E-state index in [2.05, 4.69) is 4.90 Å². The highest BCUT2D eigenvalue weighted by molar-refractivity contribution is 7.10. The number of hydrogen-bond donors (Lipinski definition) is 0. The number of morpholine rings is 1. The van der Waals surface area contributed by atoms with E-state index in [1.165, 1.54) is 17.0 Å². The van der Waals surface area contributed by atoms with Crippen molar-refractivity contribution in [3.8, 4) is 5.75 Å². The molecule has 9 heteroatoms. The van der Waals surface area contributed by atoms with E-state index < -0.39 is 0 Å². The Kier molecular flexibility index (Phi) is 8.91. The van der Waals surface area contributed by atoms with Crippen molar-refractivity contribution in [2.75, 3.05) is 59.1 Å². The molecule has 1 atom stereocenters. The smallest absolute Gasteiger partial charge is 0.254 e. The summed E-state index contributed by atoms with van der Waals surface area (Å²) in [7, 11) is 0. The molecule has 3 heterocycles. The van der Waals surface area contributed by atoms with E-state index in [4.69, 9.17) is 9.47 Å². The van der Waals surface area contributed by atoms with Gasteiger partial charge in [-0.1, -0.05) is 18.2 Å². The number of carbonyl (C=O) groups is 2. The van der Waals surface area contributed by atoms with E-state index in [-0.39, 0.29) is 36.8 Å². The van der Waals surface area contributed by atoms with E-state index >= 15 is 0 Å². The quantitative estimate of drug-likeness (QED) is 0.400. The normalized spacial score (nSPS) is 17.5. The SMILES string of the molecule is Cc1ccccc1C(=O)N(CCN1CCOCC1)CC(=O)N1CCc2sccc2C1COc1ccc(F)cc1. The Morgan fingerprint density at radius 1 is 1.08 bits per heavy atom. The number of amides is 2. The summed E-state index contributed by atoms with van der Waals surface area (Å²) in [6.45, 7) is 6.83. The van der Waals surface area contributed by atoms with Gasteiger partial charge >= 0.3 is 0 Å². The first-order valence-electron chi connectivity index (χ1n) is 13.4. The third-order valence-corrected chi connectivity index (χ3v) is 8.41. The van der Waals surface area contributed by atoms with Gasteiger partial charge in [0.25, 0.3) is 5.91 Å². The largest absolute Gasteiger partial charge is 0.491 e. The standard InChI is InChI=1S/C30H34FN3O4S/c1-22-4-2-3-5-25(22)30(36)33(14-13-32-15-17-37-18-16-32)20-29(35)34-12-10-28-26(11-19-39-28)27(34)21-38-24-8-6-23(31)7-9-24/h2-9,11,19,27H,10,12-18,20-21H2,1H3. The Morgan fingerprint density at radius 2 is 1.85 bits per heavy atom. The molecule has 206 valence electrons. The molecule has 0 radical (unpaired) electrons. The van der Waals surface area contributed by atoms with Crippen LogP contribution in [0.5, 0.6) is 5.75 Å². The molecule has 0 saturated carbocycles. The minimum Gasteiger partial charge on any atom is -0.491 e. The minimum absolute atomic E-state index is 0.00989. The van der Waals surface area contributed by atoms with Crippen molar-refractivity contribution in [3.05, 3.63) is 87.4 Å². The van der Waals surface area contributed by atoms with Gasteiger partial charge in [0.05, 0.1) is 19.3 Å². The summed E-state index contributed by atoms with van der Waals surface area (Å²) in [4.78, 5) is 34.6. The van der Waals surface area contributed by atoms with Gasteiger partial charge in [-0.15, -0.1) is 11.3 Å². The van der Waals surface area contributed by atoms with Crippen molar-refractivity contribution in [1.29, 1.82) is 0 Å². The molecule has 1 aromatic heterocycles. The topological polar surface area (TPSA) is 62.3 Å². The molecule has 0 spiro atoms. The lowest BCUT2D eigenvalue weighted by Gasteiger charge is -2.37. The van der Waals surface area contributed by atoms with Crippen molar-refractivity contribution < 1.29 is 23.5 Å². The van der Waals surface area contributed by atoms with Crippen molar-refractivity contribution in [3.63, 3.8) is 0 Å². The fourth-order valence-electron chi connectivity index (χ4n) is 5.16. The average molecular weight is 552 g/mol. The summed E-state index contributed by atoms with van der Waals surface area (Å²) in [5.41, 5.74) is 2.58. The molecule has 0 bridgehead atoms. The van der Waals surface area contributed by atoms with Gasteiger partial charge in [-0.25, -0.2) is 4.39 Å². The van der Waals surface area contributed by atoms with Gasteiger partial charge in [0, 0.05) is 43.2 Å². The number of benzene rings is 2. The second-order valence-corrected chi connectivity index (χ2v) is 10.9.